The number of rotatable bonds is 6. The fraction of sp³-hybridized carbons (Fsp3) is 0.571. The predicted molar refractivity (Wildman–Crippen MR) is 78.2 cm³/mol. The monoisotopic (exact) mass is 295 g/mol. The van der Waals surface area contributed by atoms with E-state index >= 15 is 0 Å². The van der Waals surface area contributed by atoms with E-state index in [2.05, 4.69) is 10.3 Å². The molecular weight excluding hydrogens is 274 g/mol. The van der Waals surface area contributed by atoms with Crippen molar-refractivity contribution >= 4 is 11.7 Å². The normalized spacial score (nSPS) is 12.2. The van der Waals surface area contributed by atoms with Gasteiger partial charge in [0.05, 0.1) is 6.04 Å². The first-order valence-corrected chi connectivity index (χ1v) is 6.88. The van der Waals surface area contributed by atoms with Gasteiger partial charge in [0.15, 0.2) is 5.78 Å². The van der Waals surface area contributed by atoms with Crippen molar-refractivity contribution in [2.24, 2.45) is 5.92 Å². The van der Waals surface area contributed by atoms with Gasteiger partial charge in [-0.3, -0.25) is 23.9 Å². The Bertz CT molecular complexity index is 642. The zero-order valence-corrected chi connectivity index (χ0v) is 12.7. The van der Waals surface area contributed by atoms with E-state index in [0.29, 0.717) is 12.0 Å². The van der Waals surface area contributed by atoms with Crippen LogP contribution < -0.4 is 16.6 Å². The van der Waals surface area contributed by atoms with Gasteiger partial charge in [-0.15, -0.1) is 0 Å². The van der Waals surface area contributed by atoms with E-state index in [4.69, 9.17) is 0 Å². The van der Waals surface area contributed by atoms with Gasteiger partial charge in [-0.1, -0.05) is 20.8 Å². The van der Waals surface area contributed by atoms with E-state index in [-0.39, 0.29) is 18.2 Å². The lowest BCUT2D eigenvalue weighted by atomic mass is 10.0. The molecule has 7 heteroatoms. The lowest BCUT2D eigenvalue weighted by molar-refractivity contribution is -0.128. The van der Waals surface area contributed by atoms with Crippen LogP contribution in [0, 0.1) is 5.92 Å². The van der Waals surface area contributed by atoms with Gasteiger partial charge in [-0.2, -0.15) is 0 Å². The maximum Gasteiger partial charge on any atom is 0.328 e. The summed E-state index contributed by atoms with van der Waals surface area (Å²) in [5.74, 6) is -0.619. The molecule has 0 spiro atoms. The van der Waals surface area contributed by atoms with Crippen LogP contribution in [0.4, 0.5) is 0 Å². The molecule has 0 saturated heterocycles. The second-order valence-corrected chi connectivity index (χ2v) is 5.29. The number of aromatic nitrogens is 2. The van der Waals surface area contributed by atoms with Crippen LogP contribution in [-0.4, -0.2) is 27.3 Å². The summed E-state index contributed by atoms with van der Waals surface area (Å²) in [4.78, 5) is 48.7. The second-order valence-electron chi connectivity index (χ2n) is 5.29. The number of H-pyrrole nitrogens is 1. The van der Waals surface area contributed by atoms with E-state index in [1.807, 2.05) is 13.8 Å². The van der Waals surface area contributed by atoms with Crippen molar-refractivity contribution in [2.45, 2.75) is 46.7 Å². The number of ketones is 1. The molecule has 2 N–H and O–H groups in total. The number of aromatic amines is 1. The molecule has 1 amide bonds. The van der Waals surface area contributed by atoms with Gasteiger partial charge in [0.2, 0.25) is 5.91 Å². The maximum atomic E-state index is 12.0. The smallest absolute Gasteiger partial charge is 0.328 e. The van der Waals surface area contributed by atoms with E-state index in [1.165, 1.54) is 13.1 Å². The van der Waals surface area contributed by atoms with E-state index < -0.39 is 23.2 Å². The summed E-state index contributed by atoms with van der Waals surface area (Å²) >= 11 is 0. The zero-order chi connectivity index (χ0) is 16.2. The van der Waals surface area contributed by atoms with Gasteiger partial charge >= 0.3 is 5.69 Å². The lowest BCUT2D eigenvalue weighted by Crippen LogP contribution is -2.46. The molecule has 0 bridgehead atoms. The SMILES string of the molecule is CCc1cn(CC(=O)NC(C(C)=O)C(C)C)c(=O)[nH]c1=O. The number of nitrogens with zero attached hydrogens (tertiary/aromatic N) is 1. The summed E-state index contributed by atoms with van der Waals surface area (Å²) in [7, 11) is 0. The van der Waals surface area contributed by atoms with Crippen molar-refractivity contribution in [1.82, 2.24) is 14.9 Å². The van der Waals surface area contributed by atoms with Crippen LogP contribution >= 0.6 is 0 Å². The Labute approximate surface area is 122 Å². The number of amides is 1. The number of hydrogen-bond acceptors (Lipinski definition) is 4. The van der Waals surface area contributed by atoms with E-state index in [9.17, 15) is 19.2 Å². The van der Waals surface area contributed by atoms with Crippen LogP contribution in [0.1, 0.15) is 33.3 Å². The summed E-state index contributed by atoms with van der Waals surface area (Å²) < 4.78 is 1.13. The highest BCUT2D eigenvalue weighted by molar-refractivity contribution is 5.87. The molecule has 0 aromatic carbocycles. The maximum absolute atomic E-state index is 12.0. The number of hydrogen-bond donors (Lipinski definition) is 2. The van der Waals surface area contributed by atoms with Crippen LogP contribution in [0.2, 0.25) is 0 Å². The summed E-state index contributed by atoms with van der Waals surface area (Å²) in [5.41, 5.74) is -0.659. The third kappa shape index (κ3) is 4.40. The molecule has 0 fully saturated rings. The van der Waals surface area contributed by atoms with Crippen LogP contribution in [-0.2, 0) is 22.6 Å². The van der Waals surface area contributed by atoms with Crippen molar-refractivity contribution in [3.05, 3.63) is 32.6 Å². The Kier molecular flexibility index (Phi) is 5.63. The van der Waals surface area contributed by atoms with Crippen molar-refractivity contribution in [2.75, 3.05) is 0 Å². The fourth-order valence-electron chi connectivity index (χ4n) is 2.04. The molecule has 0 saturated carbocycles. The van der Waals surface area contributed by atoms with Crippen LogP contribution in [0.3, 0.4) is 0 Å². The summed E-state index contributed by atoms with van der Waals surface area (Å²) in [5, 5.41) is 2.60. The van der Waals surface area contributed by atoms with E-state index in [1.54, 1.807) is 6.92 Å². The Morgan fingerprint density at radius 2 is 1.95 bits per heavy atom. The third-order valence-corrected chi connectivity index (χ3v) is 3.20. The molecule has 0 aliphatic carbocycles. The van der Waals surface area contributed by atoms with Crippen molar-refractivity contribution in [3.8, 4) is 0 Å². The topological polar surface area (TPSA) is 101 Å². The van der Waals surface area contributed by atoms with Gasteiger partial charge < -0.3 is 5.32 Å². The second kappa shape index (κ2) is 7.01. The van der Waals surface area contributed by atoms with Crippen LogP contribution in [0.25, 0.3) is 0 Å². The first-order valence-electron chi connectivity index (χ1n) is 6.88. The highest BCUT2D eigenvalue weighted by Gasteiger charge is 2.20. The molecule has 1 atom stereocenters. The largest absolute Gasteiger partial charge is 0.344 e. The van der Waals surface area contributed by atoms with Crippen LogP contribution in [0.15, 0.2) is 15.8 Å². The third-order valence-electron chi connectivity index (χ3n) is 3.20. The summed E-state index contributed by atoms with van der Waals surface area (Å²) in [6, 6.07) is -0.582. The van der Waals surface area contributed by atoms with E-state index in [0.717, 1.165) is 4.57 Å². The highest BCUT2D eigenvalue weighted by atomic mass is 16.2. The molecule has 0 aliphatic heterocycles. The standard InChI is InChI=1S/C14H21N3O4/c1-5-10-6-17(14(21)16-13(10)20)7-11(19)15-12(8(2)3)9(4)18/h6,8,12H,5,7H2,1-4H3,(H,15,19)(H,16,20,21). The minimum absolute atomic E-state index is 0.0371. The predicted octanol–water partition coefficient (Wildman–Crippen LogP) is -0.171. The molecule has 1 aromatic rings. The molecule has 116 valence electrons. The summed E-state index contributed by atoms with van der Waals surface area (Å²) in [6.07, 6.45) is 1.83. The highest BCUT2D eigenvalue weighted by Crippen LogP contribution is 2.02. The number of carbonyl (C=O) groups excluding carboxylic acids is 2. The van der Waals surface area contributed by atoms with Crippen LogP contribution in [0.5, 0.6) is 0 Å². The molecule has 1 aromatic heterocycles. The summed E-state index contributed by atoms with van der Waals surface area (Å²) in [6.45, 7) is 6.61. The number of nitrogens with one attached hydrogen (secondary N) is 2. The zero-order valence-electron chi connectivity index (χ0n) is 12.7. The Hall–Kier alpha value is -2.18. The number of carbonyl (C=O) groups is 2. The van der Waals surface area contributed by atoms with Crippen molar-refractivity contribution < 1.29 is 9.59 Å². The first kappa shape index (κ1) is 16.9. The average Bonchev–Trinajstić information content (AvgIpc) is 2.38. The van der Waals surface area contributed by atoms with Crippen molar-refractivity contribution in [3.63, 3.8) is 0 Å². The number of Topliss-reactive ketones (excluding diaryl/α,β-unsaturated/α-hetero) is 1. The Morgan fingerprint density at radius 1 is 1.33 bits per heavy atom. The first-order chi connectivity index (χ1) is 9.76. The Balaban J connectivity index is 2.91. The number of aryl methyl sites for hydroxylation is 1. The molecule has 1 unspecified atom stereocenters. The minimum Gasteiger partial charge on any atom is -0.344 e. The van der Waals surface area contributed by atoms with Gasteiger partial charge in [-0.25, -0.2) is 4.79 Å². The average molecular weight is 295 g/mol. The van der Waals surface area contributed by atoms with Gasteiger partial charge in [-0.05, 0) is 19.3 Å². The molecule has 7 nitrogen and oxygen atoms in total. The fourth-order valence-corrected chi connectivity index (χ4v) is 2.04. The molecular formula is C14H21N3O4. The van der Waals surface area contributed by atoms with Gasteiger partial charge in [0, 0.05) is 11.8 Å². The van der Waals surface area contributed by atoms with Gasteiger partial charge in [0.25, 0.3) is 5.56 Å². The van der Waals surface area contributed by atoms with Gasteiger partial charge in [0.1, 0.15) is 6.54 Å². The van der Waals surface area contributed by atoms with Crippen molar-refractivity contribution in [1.29, 1.82) is 0 Å². The molecule has 0 aliphatic rings. The quantitative estimate of drug-likeness (QED) is 0.760. The minimum atomic E-state index is -0.642. The Morgan fingerprint density at radius 3 is 2.43 bits per heavy atom. The molecule has 0 radical (unpaired) electrons. The molecule has 21 heavy (non-hydrogen) atoms. The lowest BCUT2D eigenvalue weighted by Gasteiger charge is -2.19. The molecule has 1 rings (SSSR count). The molecule has 1 heterocycles.